The molecule has 1 aliphatic carbocycles. The van der Waals surface area contributed by atoms with Crippen molar-refractivity contribution in [2.75, 3.05) is 12.5 Å². The summed E-state index contributed by atoms with van der Waals surface area (Å²) >= 11 is 6.04. The quantitative estimate of drug-likeness (QED) is 0.728. The minimum absolute atomic E-state index is 0.217. The van der Waals surface area contributed by atoms with Crippen LogP contribution in [-0.2, 0) is 4.74 Å². The Morgan fingerprint density at radius 2 is 1.76 bits per heavy atom. The number of hydrogen-bond acceptors (Lipinski definition) is 1. The van der Waals surface area contributed by atoms with Crippen molar-refractivity contribution in [2.45, 2.75) is 37.7 Å². The first-order valence-corrected chi connectivity index (χ1v) is 7.19. The van der Waals surface area contributed by atoms with Gasteiger partial charge in [-0.2, -0.15) is 0 Å². The van der Waals surface area contributed by atoms with Crippen LogP contribution in [0.3, 0.4) is 0 Å². The Hall–Kier alpha value is -0.530. The van der Waals surface area contributed by atoms with Gasteiger partial charge in [0.15, 0.2) is 0 Å². The lowest BCUT2D eigenvalue weighted by Gasteiger charge is -2.30. The van der Waals surface area contributed by atoms with E-state index in [9.17, 15) is 0 Å². The molecular weight excluding hydrogens is 232 g/mol. The van der Waals surface area contributed by atoms with E-state index in [1.807, 2.05) is 0 Å². The number of benzene rings is 1. The molecular formula is C15H19ClO. The summed E-state index contributed by atoms with van der Waals surface area (Å²) in [4.78, 5) is 0. The average molecular weight is 251 g/mol. The Morgan fingerprint density at radius 3 is 2.41 bits per heavy atom. The first kappa shape index (κ1) is 11.6. The third-order valence-corrected chi connectivity index (χ3v) is 4.35. The van der Waals surface area contributed by atoms with Gasteiger partial charge in [-0.25, -0.2) is 0 Å². The van der Waals surface area contributed by atoms with Gasteiger partial charge in [-0.05, 0) is 42.7 Å². The number of rotatable bonds is 3. The zero-order valence-corrected chi connectivity index (χ0v) is 10.8. The molecule has 1 heterocycles. The van der Waals surface area contributed by atoms with E-state index < -0.39 is 0 Å². The van der Waals surface area contributed by atoms with E-state index in [4.69, 9.17) is 16.3 Å². The fraction of sp³-hybridized carbons (Fsp3) is 0.600. The largest absolute Gasteiger partial charge is 0.373 e. The predicted octanol–water partition coefficient (Wildman–Crippen LogP) is 4.27. The molecule has 0 radical (unpaired) electrons. The van der Waals surface area contributed by atoms with E-state index in [2.05, 4.69) is 24.3 Å². The second-order valence-corrected chi connectivity index (χ2v) is 5.60. The zero-order valence-electron chi connectivity index (χ0n) is 10.1. The Balaban J connectivity index is 1.76. The smallest absolute Gasteiger partial charge is 0.0864 e. The van der Waals surface area contributed by atoms with E-state index in [0.29, 0.717) is 11.8 Å². The second kappa shape index (κ2) is 4.99. The number of alkyl halides is 1. The molecule has 1 saturated carbocycles. The molecule has 92 valence electrons. The monoisotopic (exact) mass is 250 g/mol. The Bertz CT molecular complexity index is 369. The van der Waals surface area contributed by atoms with Crippen LogP contribution in [0, 0.1) is 5.92 Å². The molecule has 1 saturated heterocycles. The van der Waals surface area contributed by atoms with Gasteiger partial charge in [0.1, 0.15) is 0 Å². The molecule has 1 aromatic rings. The van der Waals surface area contributed by atoms with E-state index in [0.717, 1.165) is 18.9 Å². The molecule has 1 aromatic carbocycles. The summed E-state index contributed by atoms with van der Waals surface area (Å²) < 4.78 is 5.90. The summed E-state index contributed by atoms with van der Waals surface area (Å²) in [6.45, 7) is 0.877. The molecule has 0 amide bonds. The highest BCUT2D eigenvalue weighted by atomic mass is 35.5. The van der Waals surface area contributed by atoms with Gasteiger partial charge in [0.25, 0.3) is 0 Å². The maximum atomic E-state index is 6.04. The summed E-state index contributed by atoms with van der Waals surface area (Å²) in [5.74, 6) is 2.02. The molecule has 1 nitrogen and oxygen atoms in total. The highest BCUT2D eigenvalue weighted by Crippen LogP contribution is 2.41. The van der Waals surface area contributed by atoms with Crippen LogP contribution < -0.4 is 0 Å². The van der Waals surface area contributed by atoms with Gasteiger partial charge in [-0.15, -0.1) is 11.6 Å². The SMILES string of the molecule is ClCC1CCCOC1c1ccc(C2CC2)cc1. The van der Waals surface area contributed by atoms with Gasteiger partial charge in [0.05, 0.1) is 6.10 Å². The normalized spacial score (nSPS) is 29.2. The topological polar surface area (TPSA) is 9.23 Å². The number of ether oxygens (including phenoxy) is 1. The first-order valence-electron chi connectivity index (χ1n) is 6.66. The molecule has 0 spiro atoms. The molecule has 17 heavy (non-hydrogen) atoms. The lowest BCUT2D eigenvalue weighted by atomic mass is 9.90. The van der Waals surface area contributed by atoms with Crippen molar-refractivity contribution in [3.8, 4) is 0 Å². The van der Waals surface area contributed by atoms with Crippen molar-refractivity contribution in [3.05, 3.63) is 35.4 Å². The average Bonchev–Trinajstić information content (AvgIpc) is 3.23. The lowest BCUT2D eigenvalue weighted by molar-refractivity contribution is -0.0208. The van der Waals surface area contributed by atoms with Gasteiger partial charge < -0.3 is 4.74 Å². The summed E-state index contributed by atoms with van der Waals surface area (Å²) in [5, 5.41) is 0. The zero-order chi connectivity index (χ0) is 11.7. The van der Waals surface area contributed by atoms with Gasteiger partial charge in [0.2, 0.25) is 0 Å². The molecule has 2 aliphatic rings. The maximum absolute atomic E-state index is 6.04. The van der Waals surface area contributed by atoms with Crippen LogP contribution in [0.15, 0.2) is 24.3 Å². The molecule has 0 bridgehead atoms. The molecule has 1 aliphatic heterocycles. The van der Waals surface area contributed by atoms with E-state index >= 15 is 0 Å². The van der Waals surface area contributed by atoms with Crippen molar-refractivity contribution in [2.24, 2.45) is 5.92 Å². The van der Waals surface area contributed by atoms with Crippen LogP contribution in [0.25, 0.3) is 0 Å². The summed E-state index contributed by atoms with van der Waals surface area (Å²) in [6, 6.07) is 9.03. The van der Waals surface area contributed by atoms with E-state index in [1.165, 1.54) is 30.4 Å². The minimum Gasteiger partial charge on any atom is -0.373 e. The Labute approximate surface area is 108 Å². The summed E-state index contributed by atoms with van der Waals surface area (Å²) in [5.41, 5.74) is 2.80. The minimum atomic E-state index is 0.217. The predicted molar refractivity (Wildman–Crippen MR) is 70.6 cm³/mol. The van der Waals surface area contributed by atoms with Crippen LogP contribution in [-0.4, -0.2) is 12.5 Å². The van der Waals surface area contributed by atoms with Gasteiger partial charge in [-0.1, -0.05) is 24.3 Å². The third-order valence-electron chi connectivity index (χ3n) is 3.96. The molecule has 2 atom stereocenters. The van der Waals surface area contributed by atoms with Crippen LogP contribution >= 0.6 is 11.6 Å². The highest BCUT2D eigenvalue weighted by Gasteiger charge is 2.28. The lowest BCUT2D eigenvalue weighted by Crippen LogP contribution is -2.23. The maximum Gasteiger partial charge on any atom is 0.0864 e. The van der Waals surface area contributed by atoms with Gasteiger partial charge in [-0.3, -0.25) is 0 Å². The van der Waals surface area contributed by atoms with Crippen molar-refractivity contribution in [1.29, 1.82) is 0 Å². The highest BCUT2D eigenvalue weighted by molar-refractivity contribution is 6.18. The molecule has 2 unspecified atom stereocenters. The van der Waals surface area contributed by atoms with E-state index in [1.54, 1.807) is 0 Å². The Kier molecular flexibility index (Phi) is 3.39. The van der Waals surface area contributed by atoms with Crippen LogP contribution in [0.5, 0.6) is 0 Å². The molecule has 3 rings (SSSR count). The van der Waals surface area contributed by atoms with Crippen molar-refractivity contribution in [3.63, 3.8) is 0 Å². The van der Waals surface area contributed by atoms with Crippen LogP contribution in [0.4, 0.5) is 0 Å². The number of hydrogen-bond donors (Lipinski definition) is 0. The van der Waals surface area contributed by atoms with Crippen LogP contribution in [0.2, 0.25) is 0 Å². The van der Waals surface area contributed by atoms with Crippen molar-refractivity contribution < 1.29 is 4.74 Å². The number of halogens is 1. The molecule has 2 fully saturated rings. The molecule has 2 heteroatoms. The summed E-state index contributed by atoms with van der Waals surface area (Å²) in [6.07, 6.45) is 5.29. The fourth-order valence-electron chi connectivity index (χ4n) is 2.74. The van der Waals surface area contributed by atoms with Crippen LogP contribution in [0.1, 0.15) is 48.8 Å². The van der Waals surface area contributed by atoms with Gasteiger partial charge >= 0.3 is 0 Å². The summed E-state index contributed by atoms with van der Waals surface area (Å²) in [7, 11) is 0. The Morgan fingerprint density at radius 1 is 1.06 bits per heavy atom. The fourth-order valence-corrected chi connectivity index (χ4v) is 3.06. The van der Waals surface area contributed by atoms with Crippen molar-refractivity contribution in [1.82, 2.24) is 0 Å². The second-order valence-electron chi connectivity index (χ2n) is 5.29. The molecule has 0 N–H and O–H groups in total. The third kappa shape index (κ3) is 2.51. The first-order chi connectivity index (χ1) is 8.38. The van der Waals surface area contributed by atoms with Crippen molar-refractivity contribution >= 4 is 11.6 Å². The standard InChI is InChI=1S/C15H19ClO/c16-10-14-2-1-9-17-15(14)13-7-5-12(6-8-13)11-3-4-11/h5-8,11,14-15H,1-4,9-10H2. The van der Waals surface area contributed by atoms with E-state index in [-0.39, 0.29) is 6.10 Å². The molecule has 0 aromatic heterocycles. The van der Waals surface area contributed by atoms with Gasteiger partial charge in [0, 0.05) is 18.4 Å².